The lowest BCUT2D eigenvalue weighted by molar-refractivity contribution is -0.307. The minimum absolute atomic E-state index is 0.0600. The Labute approximate surface area is 126 Å². The average molecular weight is 311 g/mol. The first-order chi connectivity index (χ1) is 10.5. The van der Waals surface area contributed by atoms with Crippen molar-refractivity contribution in [3.05, 3.63) is 29.8 Å². The Morgan fingerprint density at radius 2 is 1.95 bits per heavy atom. The Kier molecular flexibility index (Phi) is 5.31. The lowest BCUT2D eigenvalue weighted by Gasteiger charge is -2.40. The van der Waals surface area contributed by atoms with Crippen molar-refractivity contribution in [1.29, 1.82) is 5.26 Å². The number of benzene rings is 1. The summed E-state index contributed by atoms with van der Waals surface area (Å²) in [5.41, 5.74) is 0.333. The van der Waals surface area contributed by atoms with Crippen molar-refractivity contribution >= 4 is 0 Å². The van der Waals surface area contributed by atoms with Gasteiger partial charge in [-0.1, -0.05) is 12.1 Å². The fourth-order valence-corrected chi connectivity index (χ4v) is 2.19. The summed E-state index contributed by atoms with van der Waals surface area (Å²) in [6.07, 6.45) is -8.38. The van der Waals surface area contributed by atoms with Crippen molar-refractivity contribution in [2.24, 2.45) is 0 Å². The zero-order chi connectivity index (χ0) is 16.3. The molecule has 0 saturated carbocycles. The Morgan fingerprint density at radius 3 is 2.55 bits per heavy atom. The van der Waals surface area contributed by atoms with Gasteiger partial charge in [0.1, 0.15) is 30.2 Å². The van der Waals surface area contributed by atoms with E-state index in [0.29, 0.717) is 5.56 Å². The van der Waals surface area contributed by atoms with Crippen LogP contribution in [0.3, 0.4) is 0 Å². The summed E-state index contributed by atoms with van der Waals surface area (Å²) in [5, 5.41) is 56.9. The number of aliphatic hydroxyl groups excluding tert-OH is 4. The fourth-order valence-electron chi connectivity index (χ4n) is 2.19. The van der Waals surface area contributed by atoms with Crippen LogP contribution in [0.4, 0.5) is 0 Å². The predicted octanol–water partition coefficient (Wildman–Crippen LogP) is -1.23. The van der Waals surface area contributed by atoms with Gasteiger partial charge < -0.3 is 35.0 Å². The molecule has 5 N–H and O–H groups in total. The van der Waals surface area contributed by atoms with Crippen LogP contribution in [0.25, 0.3) is 0 Å². The van der Waals surface area contributed by atoms with Gasteiger partial charge in [-0.05, 0) is 17.7 Å². The molecule has 1 aromatic carbocycles. The van der Waals surface area contributed by atoms with Gasteiger partial charge in [-0.2, -0.15) is 5.26 Å². The third kappa shape index (κ3) is 3.36. The van der Waals surface area contributed by atoms with Crippen molar-refractivity contribution in [2.45, 2.75) is 36.8 Å². The summed E-state index contributed by atoms with van der Waals surface area (Å²) in [4.78, 5) is 0. The number of phenolic OH excluding ortho intramolecular Hbond substituents is 1. The summed E-state index contributed by atoms with van der Waals surface area (Å²) < 4.78 is 10.5. The maximum absolute atomic E-state index is 9.87. The van der Waals surface area contributed by atoms with Gasteiger partial charge in [0.2, 0.25) is 0 Å². The monoisotopic (exact) mass is 311 g/mol. The highest BCUT2D eigenvalue weighted by Crippen LogP contribution is 2.28. The molecule has 0 aromatic heterocycles. The molecule has 1 unspecified atom stereocenters. The van der Waals surface area contributed by atoms with E-state index in [4.69, 9.17) is 14.6 Å². The van der Waals surface area contributed by atoms with Gasteiger partial charge in [-0.15, -0.1) is 0 Å². The number of nitriles is 1. The van der Waals surface area contributed by atoms with Crippen LogP contribution in [0.1, 0.15) is 11.7 Å². The molecule has 0 radical (unpaired) electrons. The molecule has 1 aliphatic rings. The highest BCUT2D eigenvalue weighted by atomic mass is 16.7. The van der Waals surface area contributed by atoms with E-state index < -0.39 is 43.4 Å². The van der Waals surface area contributed by atoms with Crippen LogP contribution in [0.2, 0.25) is 0 Å². The second kappa shape index (κ2) is 7.02. The zero-order valence-corrected chi connectivity index (χ0v) is 11.5. The van der Waals surface area contributed by atoms with Crippen LogP contribution in [0.15, 0.2) is 24.3 Å². The summed E-state index contributed by atoms with van der Waals surface area (Å²) in [5.74, 6) is -0.0600. The molecule has 22 heavy (non-hydrogen) atoms. The number of nitrogens with zero attached hydrogens (tertiary/aromatic N) is 1. The fraction of sp³-hybridized carbons (Fsp3) is 0.500. The van der Waals surface area contributed by atoms with Gasteiger partial charge in [0, 0.05) is 0 Å². The Hall–Kier alpha value is -1.73. The SMILES string of the molecule is N#CC(O[C@@H]1O[C@H](CO)[C@@H](O)[C@H](O)[C@H]1O)c1cccc(O)c1. The van der Waals surface area contributed by atoms with Crippen molar-refractivity contribution in [1.82, 2.24) is 0 Å². The van der Waals surface area contributed by atoms with E-state index in [0.717, 1.165) is 0 Å². The smallest absolute Gasteiger partial charge is 0.188 e. The van der Waals surface area contributed by atoms with E-state index >= 15 is 0 Å². The first-order valence-corrected chi connectivity index (χ1v) is 6.62. The number of hydrogen-bond donors (Lipinski definition) is 5. The number of ether oxygens (including phenoxy) is 2. The molecule has 1 saturated heterocycles. The molecule has 6 atom stereocenters. The largest absolute Gasteiger partial charge is 0.508 e. The molecule has 1 aromatic rings. The molecule has 1 heterocycles. The van der Waals surface area contributed by atoms with Crippen LogP contribution >= 0.6 is 0 Å². The van der Waals surface area contributed by atoms with Gasteiger partial charge in [0.25, 0.3) is 0 Å². The van der Waals surface area contributed by atoms with Crippen LogP contribution in [0, 0.1) is 11.3 Å². The van der Waals surface area contributed by atoms with Crippen LogP contribution in [-0.4, -0.2) is 62.8 Å². The number of aromatic hydroxyl groups is 1. The molecule has 0 amide bonds. The first-order valence-electron chi connectivity index (χ1n) is 6.62. The molecule has 2 rings (SSSR count). The van der Waals surface area contributed by atoms with E-state index in [1.165, 1.54) is 24.3 Å². The number of aliphatic hydroxyl groups is 4. The van der Waals surface area contributed by atoms with E-state index in [-0.39, 0.29) is 5.75 Å². The normalized spacial score (nSPS) is 33.1. The van der Waals surface area contributed by atoms with Gasteiger partial charge in [-0.3, -0.25) is 0 Å². The molecule has 0 bridgehead atoms. The quantitative estimate of drug-likeness (QED) is 0.465. The van der Waals surface area contributed by atoms with E-state index in [1.807, 2.05) is 6.07 Å². The standard InChI is InChI=1S/C14H17NO7/c15-5-9(7-2-1-3-8(17)4-7)21-14-13(20)12(19)11(18)10(6-16)22-14/h1-4,9-14,16-20H,6H2/t9?,10-,11-,12+,13-,14-/m1/s1. The number of hydrogen-bond acceptors (Lipinski definition) is 8. The molecular formula is C14H17NO7. The van der Waals surface area contributed by atoms with Crippen LogP contribution in [0.5, 0.6) is 5.75 Å². The second-order valence-electron chi connectivity index (χ2n) is 4.94. The lowest BCUT2D eigenvalue weighted by Crippen LogP contribution is -2.59. The van der Waals surface area contributed by atoms with Crippen molar-refractivity contribution < 1.29 is 35.0 Å². The Bertz CT molecular complexity index is 544. The van der Waals surface area contributed by atoms with Gasteiger partial charge in [0.15, 0.2) is 12.4 Å². The lowest BCUT2D eigenvalue weighted by atomic mass is 9.99. The molecule has 0 aliphatic carbocycles. The molecule has 8 heteroatoms. The third-order valence-corrected chi connectivity index (χ3v) is 3.41. The van der Waals surface area contributed by atoms with Gasteiger partial charge in [0.05, 0.1) is 12.7 Å². The molecule has 1 aliphatic heterocycles. The predicted molar refractivity (Wildman–Crippen MR) is 71.3 cm³/mol. The average Bonchev–Trinajstić information content (AvgIpc) is 2.52. The minimum atomic E-state index is -1.59. The van der Waals surface area contributed by atoms with E-state index in [1.54, 1.807) is 0 Å². The third-order valence-electron chi connectivity index (χ3n) is 3.41. The highest BCUT2D eigenvalue weighted by Gasteiger charge is 2.45. The first kappa shape index (κ1) is 16.6. The van der Waals surface area contributed by atoms with Crippen molar-refractivity contribution in [3.8, 4) is 11.8 Å². The summed E-state index contributed by atoms with van der Waals surface area (Å²) >= 11 is 0. The molecular weight excluding hydrogens is 294 g/mol. The highest BCUT2D eigenvalue weighted by molar-refractivity contribution is 5.31. The molecule has 0 spiro atoms. The van der Waals surface area contributed by atoms with Crippen molar-refractivity contribution in [2.75, 3.05) is 6.61 Å². The maximum atomic E-state index is 9.87. The Balaban J connectivity index is 2.15. The summed E-state index contributed by atoms with van der Waals surface area (Å²) in [6.45, 7) is -0.589. The molecule has 1 fully saturated rings. The summed E-state index contributed by atoms with van der Waals surface area (Å²) in [6, 6.07) is 7.64. The van der Waals surface area contributed by atoms with E-state index in [9.17, 15) is 25.7 Å². The molecule has 120 valence electrons. The van der Waals surface area contributed by atoms with Gasteiger partial charge in [-0.25, -0.2) is 0 Å². The van der Waals surface area contributed by atoms with Crippen LogP contribution < -0.4 is 0 Å². The topological polar surface area (TPSA) is 143 Å². The second-order valence-corrected chi connectivity index (χ2v) is 4.94. The molecule has 8 nitrogen and oxygen atoms in total. The number of phenols is 1. The zero-order valence-electron chi connectivity index (χ0n) is 11.5. The Morgan fingerprint density at radius 1 is 1.23 bits per heavy atom. The number of rotatable bonds is 4. The minimum Gasteiger partial charge on any atom is -0.508 e. The van der Waals surface area contributed by atoms with Crippen molar-refractivity contribution in [3.63, 3.8) is 0 Å². The van der Waals surface area contributed by atoms with E-state index in [2.05, 4.69) is 0 Å². The maximum Gasteiger partial charge on any atom is 0.188 e. The van der Waals surface area contributed by atoms with Crippen LogP contribution in [-0.2, 0) is 9.47 Å². The summed E-state index contributed by atoms with van der Waals surface area (Å²) in [7, 11) is 0. The van der Waals surface area contributed by atoms with Gasteiger partial charge >= 0.3 is 0 Å².